The summed E-state index contributed by atoms with van der Waals surface area (Å²) in [6, 6.07) is 0. The Morgan fingerprint density at radius 2 is 1.90 bits per heavy atom. The molecule has 6 N–H and O–H groups in total. The number of nitrogens with zero attached hydrogens (tertiary/aromatic N) is 1. The third-order valence-electron chi connectivity index (χ3n) is 3.36. The Balaban J connectivity index is 3.35. The highest BCUT2D eigenvalue weighted by Crippen LogP contribution is 2.19. The molecule has 0 bridgehead atoms. The monoisotopic (exact) mass is 286 g/mol. The topological polar surface area (TPSA) is 133 Å². The second-order valence-corrected chi connectivity index (χ2v) is 4.75. The van der Waals surface area contributed by atoms with Gasteiger partial charge >= 0.3 is 5.69 Å². The van der Waals surface area contributed by atoms with Gasteiger partial charge in [0.05, 0.1) is 18.8 Å². The van der Waals surface area contributed by atoms with Crippen molar-refractivity contribution in [2.45, 2.75) is 38.8 Å². The zero-order valence-corrected chi connectivity index (χ0v) is 11.8. The number of aliphatic hydroxyl groups excluding tert-OH is 2. The van der Waals surface area contributed by atoms with Gasteiger partial charge in [-0.1, -0.05) is 13.8 Å². The van der Waals surface area contributed by atoms with Gasteiger partial charge in [-0.25, -0.2) is 4.79 Å². The third kappa shape index (κ3) is 3.02. The second-order valence-electron chi connectivity index (χ2n) is 4.75. The van der Waals surface area contributed by atoms with Crippen molar-refractivity contribution in [1.29, 1.82) is 0 Å². The van der Waals surface area contributed by atoms with Crippen LogP contribution in [0.2, 0.25) is 0 Å². The predicted molar refractivity (Wildman–Crippen MR) is 76.8 cm³/mol. The van der Waals surface area contributed by atoms with Crippen molar-refractivity contribution in [3.63, 3.8) is 0 Å². The Morgan fingerprint density at radius 3 is 2.35 bits per heavy atom. The van der Waals surface area contributed by atoms with Gasteiger partial charge in [-0.05, 0) is 12.8 Å². The fraction of sp³-hybridized carbons (Fsp3) is 0.667. The van der Waals surface area contributed by atoms with Crippen molar-refractivity contribution >= 4 is 11.5 Å². The minimum atomic E-state index is -1.06. The molecule has 1 rings (SSSR count). The summed E-state index contributed by atoms with van der Waals surface area (Å²) in [5.74, 6) is 0.000301. The Bertz CT molecular complexity index is 551. The maximum Gasteiger partial charge on any atom is 0.330 e. The van der Waals surface area contributed by atoms with Crippen LogP contribution < -0.4 is 22.3 Å². The minimum absolute atomic E-state index is 0.000301. The molecule has 0 spiro atoms. The predicted octanol–water partition coefficient (Wildman–Crippen LogP) is -0.926. The van der Waals surface area contributed by atoms with Crippen molar-refractivity contribution in [3.8, 4) is 0 Å². The first-order chi connectivity index (χ1) is 9.44. The summed E-state index contributed by atoms with van der Waals surface area (Å²) in [6.07, 6.45) is 1.06. The molecule has 0 amide bonds. The molecule has 1 aromatic heterocycles. The van der Waals surface area contributed by atoms with Gasteiger partial charge in [0, 0.05) is 6.54 Å². The molecule has 0 aliphatic heterocycles. The van der Waals surface area contributed by atoms with Gasteiger partial charge in [0.2, 0.25) is 0 Å². The highest BCUT2D eigenvalue weighted by Gasteiger charge is 2.29. The normalized spacial score (nSPS) is 11.6. The van der Waals surface area contributed by atoms with E-state index in [1.807, 2.05) is 6.92 Å². The summed E-state index contributed by atoms with van der Waals surface area (Å²) in [5, 5.41) is 21.6. The van der Waals surface area contributed by atoms with E-state index in [-0.39, 0.29) is 24.7 Å². The van der Waals surface area contributed by atoms with Crippen LogP contribution in [0.25, 0.3) is 0 Å². The zero-order valence-electron chi connectivity index (χ0n) is 11.8. The molecule has 0 atom stereocenters. The lowest BCUT2D eigenvalue weighted by atomic mass is 9.98. The van der Waals surface area contributed by atoms with E-state index in [9.17, 15) is 19.8 Å². The van der Waals surface area contributed by atoms with Crippen LogP contribution in [0.5, 0.6) is 0 Å². The summed E-state index contributed by atoms with van der Waals surface area (Å²) in [4.78, 5) is 25.7. The number of nitrogens with two attached hydrogens (primary N) is 1. The van der Waals surface area contributed by atoms with Crippen LogP contribution in [0.4, 0.5) is 11.5 Å². The van der Waals surface area contributed by atoms with Crippen LogP contribution in [0.1, 0.15) is 26.7 Å². The van der Waals surface area contributed by atoms with Gasteiger partial charge in [0.25, 0.3) is 5.56 Å². The van der Waals surface area contributed by atoms with Gasteiger partial charge in [0.1, 0.15) is 11.5 Å². The summed E-state index contributed by atoms with van der Waals surface area (Å²) in [6.45, 7) is 3.26. The number of hydrogen-bond acceptors (Lipinski definition) is 6. The average Bonchev–Trinajstić information content (AvgIpc) is 2.44. The van der Waals surface area contributed by atoms with E-state index >= 15 is 0 Å². The number of aliphatic hydroxyl groups is 2. The van der Waals surface area contributed by atoms with E-state index in [4.69, 9.17) is 5.73 Å². The summed E-state index contributed by atoms with van der Waals surface area (Å²) in [7, 11) is 0. The number of nitrogen functional groups attached to an aromatic ring is 1. The molecule has 8 nitrogen and oxygen atoms in total. The molecular weight excluding hydrogens is 264 g/mol. The van der Waals surface area contributed by atoms with Gasteiger partial charge < -0.3 is 21.3 Å². The highest BCUT2D eigenvalue weighted by molar-refractivity contribution is 5.61. The molecule has 0 aromatic carbocycles. The van der Waals surface area contributed by atoms with E-state index < -0.39 is 16.8 Å². The molecule has 0 saturated heterocycles. The Kier molecular flexibility index (Phi) is 5.34. The average molecular weight is 286 g/mol. The smallest absolute Gasteiger partial charge is 0.330 e. The highest BCUT2D eigenvalue weighted by atomic mass is 16.3. The lowest BCUT2D eigenvalue weighted by Gasteiger charge is -2.31. The van der Waals surface area contributed by atoms with Crippen LogP contribution in [0.15, 0.2) is 9.59 Å². The zero-order chi connectivity index (χ0) is 15.3. The van der Waals surface area contributed by atoms with Crippen LogP contribution >= 0.6 is 0 Å². The first-order valence-corrected chi connectivity index (χ1v) is 6.57. The van der Waals surface area contributed by atoms with Crippen molar-refractivity contribution < 1.29 is 10.2 Å². The number of rotatable bonds is 7. The van der Waals surface area contributed by atoms with Crippen LogP contribution in [0.3, 0.4) is 0 Å². The van der Waals surface area contributed by atoms with Gasteiger partial charge in [0.15, 0.2) is 0 Å². The molecule has 0 aliphatic carbocycles. The minimum Gasteiger partial charge on any atom is -0.394 e. The lowest BCUT2D eigenvalue weighted by Crippen LogP contribution is -2.48. The van der Waals surface area contributed by atoms with E-state index in [0.717, 1.165) is 0 Å². The second kappa shape index (κ2) is 6.58. The molecule has 0 unspecified atom stereocenters. The van der Waals surface area contributed by atoms with Crippen molar-refractivity contribution in [2.75, 3.05) is 24.3 Å². The number of aromatic amines is 1. The molecule has 20 heavy (non-hydrogen) atoms. The van der Waals surface area contributed by atoms with E-state index in [1.165, 1.54) is 4.57 Å². The van der Waals surface area contributed by atoms with E-state index in [2.05, 4.69) is 10.3 Å². The molecule has 0 aliphatic rings. The standard InChI is InChI=1S/C12H22N4O4/c1-3-5-16-9(13)8(10(19)14-11(16)20)15-12(4-2,6-17)7-18/h15,17-18H,3-7,13H2,1-2H3,(H,14,19,20). The molecule has 114 valence electrons. The summed E-state index contributed by atoms with van der Waals surface area (Å²) < 4.78 is 1.25. The van der Waals surface area contributed by atoms with E-state index in [1.54, 1.807) is 6.92 Å². The maximum atomic E-state index is 11.9. The number of nitrogens with one attached hydrogen (secondary N) is 2. The first-order valence-electron chi connectivity index (χ1n) is 6.57. The number of anilines is 2. The molecule has 8 heteroatoms. The number of hydrogen-bond donors (Lipinski definition) is 5. The maximum absolute atomic E-state index is 11.9. The summed E-state index contributed by atoms with van der Waals surface area (Å²) >= 11 is 0. The fourth-order valence-corrected chi connectivity index (χ4v) is 1.86. The fourth-order valence-electron chi connectivity index (χ4n) is 1.86. The van der Waals surface area contributed by atoms with Crippen molar-refractivity contribution in [1.82, 2.24) is 9.55 Å². The SMILES string of the molecule is CCCn1c(N)c(NC(CC)(CO)CO)c(=O)[nH]c1=O. The molecular formula is C12H22N4O4. The number of H-pyrrole nitrogens is 1. The lowest BCUT2D eigenvalue weighted by molar-refractivity contribution is 0.132. The Morgan fingerprint density at radius 1 is 1.30 bits per heavy atom. The first kappa shape index (κ1) is 16.3. The summed E-state index contributed by atoms with van der Waals surface area (Å²) in [5.41, 5.74) is 3.55. The Hall–Kier alpha value is -1.80. The molecule has 1 heterocycles. The van der Waals surface area contributed by atoms with Crippen LogP contribution in [-0.4, -0.2) is 38.5 Å². The third-order valence-corrected chi connectivity index (χ3v) is 3.36. The quantitative estimate of drug-likeness (QED) is 0.440. The largest absolute Gasteiger partial charge is 0.394 e. The molecule has 0 saturated carbocycles. The van der Waals surface area contributed by atoms with Crippen LogP contribution in [-0.2, 0) is 6.54 Å². The number of aromatic nitrogens is 2. The molecule has 1 aromatic rings. The van der Waals surface area contributed by atoms with Crippen molar-refractivity contribution in [3.05, 3.63) is 20.8 Å². The van der Waals surface area contributed by atoms with E-state index in [0.29, 0.717) is 19.4 Å². The molecule has 0 fully saturated rings. The Labute approximate surface area is 116 Å². The van der Waals surface area contributed by atoms with Crippen molar-refractivity contribution in [2.24, 2.45) is 0 Å². The van der Waals surface area contributed by atoms with Gasteiger partial charge in [-0.3, -0.25) is 14.3 Å². The molecule has 0 radical (unpaired) electrons. The van der Waals surface area contributed by atoms with Crippen LogP contribution in [0, 0.1) is 0 Å². The van der Waals surface area contributed by atoms with Gasteiger partial charge in [-0.15, -0.1) is 0 Å². The van der Waals surface area contributed by atoms with Gasteiger partial charge in [-0.2, -0.15) is 0 Å².